The van der Waals surface area contributed by atoms with Gasteiger partial charge in [-0.1, -0.05) is 6.92 Å². The van der Waals surface area contributed by atoms with Crippen molar-refractivity contribution >= 4 is 30.1 Å². The fourth-order valence-corrected chi connectivity index (χ4v) is 1.79. The molecule has 0 spiro atoms. The quantitative estimate of drug-likeness (QED) is 0.792. The molecular weight excluding hydrogens is 232 g/mol. The van der Waals surface area contributed by atoms with Crippen LogP contribution in [0.25, 0.3) is 0 Å². The molecule has 0 saturated carbocycles. The van der Waals surface area contributed by atoms with E-state index >= 15 is 0 Å². The van der Waals surface area contributed by atoms with Crippen LogP contribution in [0.1, 0.15) is 20.3 Å². The van der Waals surface area contributed by atoms with Gasteiger partial charge >= 0.3 is 0 Å². The number of hydrogen-bond acceptors (Lipinski definition) is 3. The Hall–Kier alpha value is 0.0700. The van der Waals surface area contributed by atoms with Gasteiger partial charge in [0, 0.05) is 18.3 Å². The van der Waals surface area contributed by atoms with E-state index in [-0.39, 0.29) is 23.7 Å². The van der Waals surface area contributed by atoms with Gasteiger partial charge in [-0.05, 0) is 26.1 Å². The lowest BCUT2D eigenvalue weighted by Crippen LogP contribution is -2.42. The Balaban J connectivity index is 0.00000196. The van der Waals surface area contributed by atoms with Crippen LogP contribution in [-0.2, 0) is 4.79 Å². The van der Waals surface area contributed by atoms with Crippen molar-refractivity contribution in [1.82, 2.24) is 10.6 Å². The van der Waals surface area contributed by atoms with Crippen molar-refractivity contribution in [3.05, 3.63) is 0 Å². The number of nitrogens with one attached hydrogen (secondary N) is 2. The van der Waals surface area contributed by atoms with E-state index in [1.807, 2.05) is 6.92 Å². The topological polar surface area (TPSA) is 41.1 Å². The third-order valence-electron chi connectivity index (χ3n) is 2.87. The molecule has 90 valence electrons. The number of carbonyl (C=O) groups excluding carboxylic acids is 1. The lowest BCUT2D eigenvalue weighted by atomic mass is 9.89. The number of thioether (sulfide) groups is 1. The largest absolute Gasteiger partial charge is 0.354 e. The van der Waals surface area contributed by atoms with Crippen molar-refractivity contribution in [2.24, 2.45) is 5.41 Å². The van der Waals surface area contributed by atoms with Gasteiger partial charge in [0.05, 0.1) is 5.41 Å². The van der Waals surface area contributed by atoms with Crippen molar-refractivity contribution < 1.29 is 4.79 Å². The van der Waals surface area contributed by atoms with Crippen LogP contribution in [0.4, 0.5) is 0 Å². The number of rotatable bonds is 4. The summed E-state index contributed by atoms with van der Waals surface area (Å²) in [5.74, 6) is 0.198. The summed E-state index contributed by atoms with van der Waals surface area (Å²) in [6.07, 6.45) is 3.02. The average molecular weight is 253 g/mol. The van der Waals surface area contributed by atoms with E-state index in [2.05, 4.69) is 23.8 Å². The smallest absolute Gasteiger partial charge is 0.227 e. The molecule has 0 aromatic carbocycles. The van der Waals surface area contributed by atoms with Gasteiger partial charge in [-0.25, -0.2) is 0 Å². The van der Waals surface area contributed by atoms with Crippen LogP contribution in [0.3, 0.4) is 0 Å². The molecule has 0 aromatic rings. The number of carbonyl (C=O) groups is 1. The maximum Gasteiger partial charge on any atom is 0.227 e. The SMILES string of the molecule is CSC(C)CNC(=O)C1(C)CCNC1.Cl. The predicted molar refractivity (Wildman–Crippen MR) is 68.8 cm³/mol. The highest BCUT2D eigenvalue weighted by molar-refractivity contribution is 7.99. The summed E-state index contributed by atoms with van der Waals surface area (Å²) >= 11 is 1.78. The summed E-state index contributed by atoms with van der Waals surface area (Å²) in [6.45, 7) is 6.70. The monoisotopic (exact) mass is 252 g/mol. The second kappa shape index (κ2) is 6.61. The Morgan fingerprint density at radius 2 is 2.33 bits per heavy atom. The van der Waals surface area contributed by atoms with Crippen molar-refractivity contribution in [3.63, 3.8) is 0 Å². The van der Waals surface area contributed by atoms with Gasteiger partial charge in [-0.15, -0.1) is 12.4 Å². The number of halogens is 1. The van der Waals surface area contributed by atoms with E-state index in [4.69, 9.17) is 0 Å². The third kappa shape index (κ3) is 4.21. The summed E-state index contributed by atoms with van der Waals surface area (Å²) in [7, 11) is 0. The van der Waals surface area contributed by atoms with E-state index in [1.54, 1.807) is 11.8 Å². The molecule has 1 saturated heterocycles. The fraction of sp³-hybridized carbons (Fsp3) is 0.900. The second-order valence-corrected chi connectivity index (χ2v) is 5.52. The molecule has 1 rings (SSSR count). The van der Waals surface area contributed by atoms with Crippen LogP contribution >= 0.6 is 24.2 Å². The molecule has 2 N–H and O–H groups in total. The molecule has 0 radical (unpaired) electrons. The van der Waals surface area contributed by atoms with Crippen LogP contribution in [0.2, 0.25) is 0 Å². The Morgan fingerprint density at radius 1 is 1.67 bits per heavy atom. The third-order valence-corrected chi connectivity index (χ3v) is 3.84. The van der Waals surface area contributed by atoms with E-state index in [0.29, 0.717) is 5.25 Å². The zero-order chi connectivity index (χ0) is 10.6. The highest BCUT2D eigenvalue weighted by Crippen LogP contribution is 2.24. The first kappa shape index (κ1) is 15.1. The van der Waals surface area contributed by atoms with Gasteiger partial charge in [-0.2, -0.15) is 11.8 Å². The van der Waals surface area contributed by atoms with E-state index in [0.717, 1.165) is 26.1 Å². The molecule has 1 aliphatic heterocycles. The van der Waals surface area contributed by atoms with Gasteiger partial charge in [0.15, 0.2) is 0 Å². The summed E-state index contributed by atoms with van der Waals surface area (Å²) in [6, 6.07) is 0. The first-order valence-corrected chi connectivity index (χ1v) is 6.39. The minimum atomic E-state index is -0.182. The fourth-order valence-electron chi connectivity index (χ4n) is 1.54. The summed E-state index contributed by atoms with van der Waals surface area (Å²) in [4.78, 5) is 11.8. The molecule has 1 fully saturated rings. The maximum atomic E-state index is 11.8. The van der Waals surface area contributed by atoms with E-state index in [1.165, 1.54) is 0 Å². The zero-order valence-corrected chi connectivity index (χ0v) is 11.3. The van der Waals surface area contributed by atoms with Crippen molar-refractivity contribution in [3.8, 4) is 0 Å². The summed E-state index contributed by atoms with van der Waals surface area (Å²) in [5.41, 5.74) is -0.182. The van der Waals surface area contributed by atoms with Gasteiger partial charge in [0.25, 0.3) is 0 Å². The second-order valence-electron chi connectivity index (χ2n) is 4.24. The number of amides is 1. The Morgan fingerprint density at radius 3 is 2.80 bits per heavy atom. The highest BCUT2D eigenvalue weighted by Gasteiger charge is 2.35. The lowest BCUT2D eigenvalue weighted by Gasteiger charge is -2.22. The Bertz CT molecular complexity index is 208. The summed E-state index contributed by atoms with van der Waals surface area (Å²) < 4.78 is 0. The van der Waals surface area contributed by atoms with Crippen LogP contribution in [0.5, 0.6) is 0 Å². The normalized spacial score (nSPS) is 26.9. The minimum absolute atomic E-state index is 0. The van der Waals surface area contributed by atoms with Crippen LogP contribution in [0, 0.1) is 5.41 Å². The maximum absolute atomic E-state index is 11.8. The van der Waals surface area contributed by atoms with Crippen molar-refractivity contribution in [2.75, 3.05) is 25.9 Å². The molecule has 1 heterocycles. The molecule has 3 nitrogen and oxygen atoms in total. The highest BCUT2D eigenvalue weighted by atomic mass is 35.5. The predicted octanol–water partition coefficient (Wildman–Crippen LogP) is 1.28. The molecule has 0 aromatic heterocycles. The van der Waals surface area contributed by atoms with Gasteiger partial charge in [0.1, 0.15) is 0 Å². The van der Waals surface area contributed by atoms with Gasteiger partial charge < -0.3 is 10.6 Å². The lowest BCUT2D eigenvalue weighted by molar-refractivity contribution is -0.129. The number of hydrogen-bond donors (Lipinski definition) is 2. The molecular formula is C10H21ClN2OS. The molecule has 15 heavy (non-hydrogen) atoms. The van der Waals surface area contributed by atoms with Crippen LogP contribution in [0.15, 0.2) is 0 Å². The van der Waals surface area contributed by atoms with Crippen molar-refractivity contribution in [1.29, 1.82) is 0 Å². The molecule has 0 aliphatic carbocycles. The average Bonchev–Trinajstić information content (AvgIpc) is 2.62. The molecule has 0 bridgehead atoms. The first-order chi connectivity index (χ1) is 6.58. The molecule has 2 unspecified atom stereocenters. The van der Waals surface area contributed by atoms with Gasteiger partial charge in [-0.3, -0.25) is 4.79 Å². The van der Waals surface area contributed by atoms with Crippen LogP contribution in [-0.4, -0.2) is 37.0 Å². The van der Waals surface area contributed by atoms with E-state index < -0.39 is 0 Å². The van der Waals surface area contributed by atoms with Crippen molar-refractivity contribution in [2.45, 2.75) is 25.5 Å². The molecule has 1 aliphatic rings. The minimum Gasteiger partial charge on any atom is -0.354 e. The standard InChI is InChI=1S/C10H20N2OS.ClH/c1-8(14-3)6-12-9(13)10(2)4-5-11-7-10;/h8,11H,4-7H2,1-3H3,(H,12,13);1H. The molecule has 2 atom stereocenters. The van der Waals surface area contributed by atoms with Gasteiger partial charge in [0.2, 0.25) is 5.91 Å². The Kier molecular flexibility index (Phi) is 6.64. The van der Waals surface area contributed by atoms with E-state index in [9.17, 15) is 4.79 Å². The molecule has 5 heteroatoms. The first-order valence-electron chi connectivity index (χ1n) is 5.10. The summed E-state index contributed by atoms with van der Waals surface area (Å²) in [5, 5.41) is 6.74. The molecule has 1 amide bonds. The van der Waals surface area contributed by atoms with Crippen LogP contribution < -0.4 is 10.6 Å². The zero-order valence-electron chi connectivity index (χ0n) is 9.63. The Labute approximate surface area is 103 Å².